The fourth-order valence-corrected chi connectivity index (χ4v) is 3.92. The van der Waals surface area contributed by atoms with Crippen molar-refractivity contribution in [2.24, 2.45) is 0 Å². The number of nitrogens with zero attached hydrogens (tertiary/aromatic N) is 1. The average molecular weight is 381 g/mol. The van der Waals surface area contributed by atoms with Gasteiger partial charge in [0.15, 0.2) is 0 Å². The van der Waals surface area contributed by atoms with Crippen LogP contribution in [0.5, 0.6) is 11.5 Å². The Morgan fingerprint density at radius 3 is 2.59 bits per heavy atom. The van der Waals surface area contributed by atoms with Gasteiger partial charge in [0, 0.05) is 29.2 Å². The average Bonchev–Trinajstić information content (AvgIpc) is 2.92. The van der Waals surface area contributed by atoms with Gasteiger partial charge in [-0.2, -0.15) is 14.0 Å². The number of ether oxygens (including phenoxy) is 1. The number of alkyl halides is 4. The first-order chi connectivity index (χ1) is 12.5. The maximum Gasteiger partial charge on any atom is 0.309 e. The minimum atomic E-state index is -4.02. The molecule has 4 rings (SSSR count). The van der Waals surface area contributed by atoms with E-state index in [2.05, 4.69) is 0 Å². The smallest absolute Gasteiger partial charge is 0.309 e. The van der Waals surface area contributed by atoms with E-state index < -0.39 is 46.7 Å². The van der Waals surface area contributed by atoms with Crippen LogP contribution in [0.2, 0.25) is 0 Å². The molecule has 8 heteroatoms. The highest BCUT2D eigenvalue weighted by molar-refractivity contribution is 5.61. The van der Waals surface area contributed by atoms with Crippen LogP contribution in [-0.2, 0) is 11.5 Å². The van der Waals surface area contributed by atoms with Crippen LogP contribution in [0.3, 0.4) is 0 Å². The van der Waals surface area contributed by atoms with E-state index in [1.54, 1.807) is 6.07 Å². The fourth-order valence-electron chi connectivity index (χ4n) is 3.92. The van der Waals surface area contributed by atoms with E-state index in [0.717, 1.165) is 24.3 Å². The molecule has 0 spiro atoms. The zero-order valence-corrected chi connectivity index (χ0v) is 13.9. The quantitative estimate of drug-likeness (QED) is 0.751. The molecule has 0 heterocycles. The van der Waals surface area contributed by atoms with Gasteiger partial charge < -0.3 is 9.84 Å². The predicted octanol–water partition coefficient (Wildman–Crippen LogP) is 4.93. The lowest BCUT2D eigenvalue weighted by Crippen LogP contribution is -2.49. The second-order valence-corrected chi connectivity index (χ2v) is 6.90. The first-order valence-corrected chi connectivity index (χ1v) is 8.02. The van der Waals surface area contributed by atoms with Gasteiger partial charge in [-0.1, -0.05) is 0 Å². The van der Waals surface area contributed by atoms with Crippen molar-refractivity contribution < 1.29 is 31.8 Å². The summed E-state index contributed by atoms with van der Waals surface area (Å²) in [6.45, 7) is 0.543. The van der Waals surface area contributed by atoms with Gasteiger partial charge in [0.1, 0.15) is 29.1 Å². The molecule has 0 radical (unpaired) electrons. The molecule has 0 aromatic heterocycles. The summed E-state index contributed by atoms with van der Waals surface area (Å²) in [5.41, 5.74) is -7.88. The Balaban J connectivity index is 1.89. The van der Waals surface area contributed by atoms with Crippen molar-refractivity contribution >= 4 is 0 Å². The molecular formula is C19H12F5NO2. The van der Waals surface area contributed by atoms with Crippen molar-refractivity contribution in [1.82, 2.24) is 0 Å². The Kier molecular flexibility index (Phi) is 3.41. The van der Waals surface area contributed by atoms with Crippen LogP contribution in [0.25, 0.3) is 0 Å². The number of hydrogen-bond acceptors (Lipinski definition) is 3. The van der Waals surface area contributed by atoms with E-state index in [1.165, 1.54) is 6.07 Å². The number of nitriles is 1. The monoisotopic (exact) mass is 381 g/mol. The highest BCUT2D eigenvalue weighted by Gasteiger charge is 2.75. The van der Waals surface area contributed by atoms with Crippen LogP contribution in [0.15, 0.2) is 30.3 Å². The van der Waals surface area contributed by atoms with Crippen LogP contribution in [-0.4, -0.2) is 10.8 Å². The Hall–Kier alpha value is -2.66. The van der Waals surface area contributed by atoms with Crippen LogP contribution in [0.4, 0.5) is 22.0 Å². The fraction of sp³-hybridized carbons (Fsp3) is 0.316. The summed E-state index contributed by atoms with van der Waals surface area (Å²) in [7, 11) is 0. The van der Waals surface area contributed by atoms with Crippen molar-refractivity contribution in [1.29, 1.82) is 5.26 Å². The minimum Gasteiger partial charge on any atom is -0.457 e. The molecule has 0 saturated heterocycles. The lowest BCUT2D eigenvalue weighted by Gasteiger charge is -2.34. The van der Waals surface area contributed by atoms with Crippen LogP contribution >= 0.6 is 0 Å². The molecule has 0 amide bonds. The number of aliphatic hydroxyl groups is 1. The molecule has 3 nitrogen and oxygen atoms in total. The highest BCUT2D eigenvalue weighted by atomic mass is 19.3. The molecule has 2 aromatic carbocycles. The van der Waals surface area contributed by atoms with Gasteiger partial charge in [0.2, 0.25) is 5.67 Å². The van der Waals surface area contributed by atoms with E-state index in [0.29, 0.717) is 6.92 Å². The molecule has 1 N–H and O–H groups in total. The second-order valence-electron chi connectivity index (χ2n) is 6.90. The van der Waals surface area contributed by atoms with Gasteiger partial charge in [-0.3, -0.25) is 0 Å². The minimum absolute atomic E-state index is 0.0567. The molecule has 2 aliphatic rings. The topological polar surface area (TPSA) is 53.2 Å². The van der Waals surface area contributed by atoms with Crippen molar-refractivity contribution in [3.8, 4) is 17.6 Å². The lowest BCUT2D eigenvalue weighted by atomic mass is 9.85. The molecule has 3 unspecified atom stereocenters. The third-order valence-corrected chi connectivity index (χ3v) is 5.34. The van der Waals surface area contributed by atoms with Gasteiger partial charge >= 0.3 is 5.92 Å². The van der Waals surface area contributed by atoms with Gasteiger partial charge in [-0.25, -0.2) is 13.2 Å². The largest absolute Gasteiger partial charge is 0.457 e. The van der Waals surface area contributed by atoms with E-state index in [-0.39, 0.29) is 22.6 Å². The Bertz CT molecular complexity index is 1010. The van der Waals surface area contributed by atoms with Crippen LogP contribution < -0.4 is 4.74 Å². The summed E-state index contributed by atoms with van der Waals surface area (Å²) in [5.74, 6) is -5.20. The maximum atomic E-state index is 14.9. The van der Waals surface area contributed by atoms with E-state index in [4.69, 9.17) is 10.00 Å². The van der Waals surface area contributed by atoms with Crippen molar-refractivity contribution in [2.45, 2.75) is 36.7 Å². The normalized spacial score (nSPS) is 30.1. The first-order valence-electron chi connectivity index (χ1n) is 8.02. The number of benzene rings is 2. The molecule has 140 valence electrons. The molecule has 0 aliphatic heterocycles. The second kappa shape index (κ2) is 5.20. The highest BCUT2D eigenvalue weighted by Crippen LogP contribution is 2.67. The molecule has 0 bridgehead atoms. The van der Waals surface area contributed by atoms with Gasteiger partial charge in [-0.15, -0.1) is 0 Å². The van der Waals surface area contributed by atoms with Gasteiger partial charge in [0.25, 0.3) is 0 Å². The summed E-state index contributed by atoms with van der Waals surface area (Å²) < 4.78 is 77.4. The number of halogens is 5. The lowest BCUT2D eigenvalue weighted by molar-refractivity contribution is -0.213. The van der Waals surface area contributed by atoms with Crippen molar-refractivity contribution in [2.75, 3.05) is 0 Å². The zero-order chi connectivity index (χ0) is 19.8. The summed E-state index contributed by atoms with van der Waals surface area (Å²) in [6.07, 6.45) is -2.83. The van der Waals surface area contributed by atoms with E-state index >= 15 is 0 Å². The summed E-state index contributed by atoms with van der Waals surface area (Å²) in [6, 6.07) is 6.70. The predicted molar refractivity (Wildman–Crippen MR) is 83.4 cm³/mol. The summed E-state index contributed by atoms with van der Waals surface area (Å²) >= 11 is 0. The van der Waals surface area contributed by atoms with E-state index in [1.807, 2.05) is 0 Å². The third kappa shape index (κ3) is 2.09. The number of rotatable bonds is 2. The van der Waals surface area contributed by atoms with E-state index in [9.17, 15) is 27.1 Å². The molecule has 0 fully saturated rings. The maximum absolute atomic E-state index is 14.9. The molecule has 3 atom stereocenters. The van der Waals surface area contributed by atoms with Crippen molar-refractivity contribution in [3.63, 3.8) is 0 Å². The van der Waals surface area contributed by atoms with Crippen LogP contribution in [0, 0.1) is 17.1 Å². The molecule has 2 aromatic rings. The SMILES string of the molecule is CC1(F)C(F)(F)c2ccc(Oc3cc(F)cc(C#N)c3)c3c2C1(O)CC3F. The number of hydrogen-bond donors (Lipinski definition) is 1. The Morgan fingerprint density at radius 2 is 1.93 bits per heavy atom. The van der Waals surface area contributed by atoms with Crippen LogP contribution in [0.1, 0.15) is 41.8 Å². The van der Waals surface area contributed by atoms with Crippen molar-refractivity contribution in [3.05, 3.63) is 58.4 Å². The Morgan fingerprint density at radius 1 is 1.22 bits per heavy atom. The molecular weight excluding hydrogens is 369 g/mol. The summed E-state index contributed by atoms with van der Waals surface area (Å²) in [5, 5.41) is 19.5. The molecule has 2 aliphatic carbocycles. The Labute approximate surface area is 150 Å². The summed E-state index contributed by atoms with van der Waals surface area (Å²) in [4.78, 5) is 0. The first kappa shape index (κ1) is 17.7. The third-order valence-electron chi connectivity index (χ3n) is 5.34. The zero-order valence-electron chi connectivity index (χ0n) is 13.9. The standard InChI is InChI=1S/C19H12F5NO2/c1-17(22)18(26)7-13(21)15-14(3-2-12(16(15)18)19(17,23)24)27-11-5-9(8-25)4-10(20)6-11/h2-6,13,26H,7H2,1H3. The van der Waals surface area contributed by atoms with Gasteiger partial charge in [0.05, 0.1) is 11.6 Å². The molecule has 27 heavy (non-hydrogen) atoms. The van der Waals surface area contributed by atoms with Gasteiger partial charge in [-0.05, 0) is 31.2 Å². The molecule has 0 saturated carbocycles.